The molecule has 0 radical (unpaired) electrons. The van der Waals surface area contributed by atoms with Gasteiger partial charge in [0.05, 0.1) is 0 Å². The largest absolute Gasteiger partial charge is 0.329 e. The van der Waals surface area contributed by atoms with Crippen LogP contribution in [0.25, 0.3) is 10.8 Å². The first kappa shape index (κ1) is 13.9. The van der Waals surface area contributed by atoms with E-state index in [-0.39, 0.29) is 0 Å². The van der Waals surface area contributed by atoms with Crippen LogP contribution in [0.4, 0.5) is 0 Å². The number of hydrogen-bond acceptors (Lipinski definition) is 3. The van der Waals surface area contributed by atoms with Crippen LogP contribution in [0, 0.1) is 0 Å². The van der Waals surface area contributed by atoms with E-state index in [0.29, 0.717) is 17.8 Å². The van der Waals surface area contributed by atoms with Gasteiger partial charge in [-0.3, -0.25) is 4.90 Å². The molecule has 2 N–H and O–H groups in total. The van der Waals surface area contributed by atoms with Crippen LogP contribution in [0.1, 0.15) is 18.5 Å². The molecule has 1 heterocycles. The number of hydrogen-bond donors (Lipinski definition) is 1. The molecule has 1 saturated heterocycles. The first-order valence-corrected chi connectivity index (χ1v) is 8.37. The summed E-state index contributed by atoms with van der Waals surface area (Å²) in [5, 5.41) is 3.32. The fraction of sp³-hybridized carbons (Fsp3) is 0.412. The maximum absolute atomic E-state index is 6.08. The molecule has 1 fully saturated rings. The lowest BCUT2D eigenvalue weighted by Gasteiger charge is -2.36. The van der Waals surface area contributed by atoms with Crippen molar-refractivity contribution in [2.24, 2.45) is 5.73 Å². The normalized spacial score (nSPS) is 22.0. The minimum Gasteiger partial charge on any atom is -0.329 e. The summed E-state index contributed by atoms with van der Waals surface area (Å²) in [6, 6.07) is 15.6. The fourth-order valence-corrected chi connectivity index (χ4v) is 4.08. The molecule has 0 aliphatic carbocycles. The third kappa shape index (κ3) is 2.85. The van der Waals surface area contributed by atoms with E-state index in [0.717, 1.165) is 13.1 Å². The van der Waals surface area contributed by atoms with Gasteiger partial charge in [-0.05, 0) is 22.4 Å². The molecule has 3 rings (SSSR count). The highest BCUT2D eigenvalue weighted by Gasteiger charge is 2.24. The summed E-state index contributed by atoms with van der Waals surface area (Å²) in [7, 11) is 0. The molecule has 0 bridgehead atoms. The predicted octanol–water partition coefficient (Wildman–Crippen LogP) is 3.28. The van der Waals surface area contributed by atoms with E-state index in [2.05, 4.69) is 66.1 Å². The molecule has 3 heteroatoms. The van der Waals surface area contributed by atoms with Gasteiger partial charge in [-0.2, -0.15) is 11.8 Å². The van der Waals surface area contributed by atoms with E-state index in [9.17, 15) is 0 Å². The molecule has 1 aliphatic rings. The zero-order chi connectivity index (χ0) is 13.9. The molecule has 0 aromatic heterocycles. The molecule has 2 unspecified atom stereocenters. The van der Waals surface area contributed by atoms with Gasteiger partial charge in [-0.1, -0.05) is 43.3 Å². The molecule has 2 nitrogen and oxygen atoms in total. The van der Waals surface area contributed by atoms with Gasteiger partial charge in [-0.25, -0.2) is 0 Å². The first-order valence-electron chi connectivity index (χ1n) is 7.32. The van der Waals surface area contributed by atoms with Gasteiger partial charge in [0.1, 0.15) is 0 Å². The van der Waals surface area contributed by atoms with Crippen molar-refractivity contribution in [3.05, 3.63) is 48.0 Å². The van der Waals surface area contributed by atoms with Crippen LogP contribution in [0.15, 0.2) is 42.5 Å². The highest BCUT2D eigenvalue weighted by molar-refractivity contribution is 7.99. The molecule has 0 spiro atoms. The second-order valence-electron chi connectivity index (χ2n) is 5.53. The van der Waals surface area contributed by atoms with Gasteiger partial charge in [0.15, 0.2) is 0 Å². The molecule has 2 atom stereocenters. The van der Waals surface area contributed by atoms with Crippen molar-refractivity contribution in [3.8, 4) is 0 Å². The molecule has 106 valence electrons. The van der Waals surface area contributed by atoms with E-state index in [1.807, 2.05) is 0 Å². The highest BCUT2D eigenvalue weighted by atomic mass is 32.2. The third-order valence-electron chi connectivity index (χ3n) is 4.09. The van der Waals surface area contributed by atoms with Crippen molar-refractivity contribution in [2.75, 3.05) is 25.4 Å². The molecule has 0 saturated carbocycles. The van der Waals surface area contributed by atoms with Gasteiger partial charge in [-0.15, -0.1) is 0 Å². The number of nitrogens with two attached hydrogens (primary N) is 1. The Labute approximate surface area is 125 Å². The Bertz CT molecular complexity index is 584. The Hall–Kier alpha value is -1.03. The van der Waals surface area contributed by atoms with Crippen molar-refractivity contribution in [1.82, 2.24) is 4.90 Å². The summed E-state index contributed by atoms with van der Waals surface area (Å²) < 4.78 is 0. The monoisotopic (exact) mass is 286 g/mol. The second-order valence-corrected chi connectivity index (χ2v) is 7.08. The second kappa shape index (κ2) is 6.17. The highest BCUT2D eigenvalue weighted by Crippen LogP contribution is 2.28. The van der Waals surface area contributed by atoms with Crippen LogP contribution in [0.2, 0.25) is 0 Å². The summed E-state index contributed by atoms with van der Waals surface area (Å²) in [4.78, 5) is 2.55. The number of thioether (sulfide) groups is 1. The van der Waals surface area contributed by atoms with Crippen molar-refractivity contribution in [2.45, 2.75) is 18.2 Å². The van der Waals surface area contributed by atoms with Gasteiger partial charge in [0.25, 0.3) is 0 Å². The van der Waals surface area contributed by atoms with Crippen molar-refractivity contribution in [1.29, 1.82) is 0 Å². The molecular weight excluding hydrogens is 264 g/mol. The lowest BCUT2D eigenvalue weighted by molar-refractivity contribution is 0.211. The lowest BCUT2D eigenvalue weighted by atomic mass is 10.0. The number of fused-ring (bicyclic) bond motifs is 1. The van der Waals surface area contributed by atoms with E-state index in [4.69, 9.17) is 5.73 Å². The third-order valence-corrected chi connectivity index (χ3v) is 5.23. The lowest BCUT2D eigenvalue weighted by Crippen LogP contribution is -2.42. The van der Waals surface area contributed by atoms with Gasteiger partial charge in [0, 0.05) is 36.7 Å². The van der Waals surface area contributed by atoms with E-state index >= 15 is 0 Å². The Morgan fingerprint density at radius 3 is 2.80 bits per heavy atom. The van der Waals surface area contributed by atoms with Gasteiger partial charge >= 0.3 is 0 Å². The summed E-state index contributed by atoms with van der Waals surface area (Å²) >= 11 is 2.06. The minimum absolute atomic E-state index is 0.350. The zero-order valence-corrected chi connectivity index (χ0v) is 12.8. The number of nitrogens with zero attached hydrogens (tertiary/aromatic N) is 1. The number of benzene rings is 2. The Morgan fingerprint density at radius 2 is 2.05 bits per heavy atom. The average Bonchev–Trinajstić information content (AvgIpc) is 2.48. The van der Waals surface area contributed by atoms with Crippen LogP contribution < -0.4 is 5.73 Å². The zero-order valence-electron chi connectivity index (χ0n) is 12.0. The Balaban J connectivity index is 1.90. The standard InChI is InChI=1S/C17H22N2S/c1-13-12-19(8-9-20-13)17(11-18)16-7-6-14-4-2-3-5-15(14)10-16/h2-7,10,13,17H,8-9,11-12,18H2,1H3. The maximum atomic E-state index is 6.08. The summed E-state index contributed by atoms with van der Waals surface area (Å²) in [5.74, 6) is 1.21. The molecule has 2 aromatic rings. The molecule has 2 aromatic carbocycles. The molecule has 1 aliphatic heterocycles. The van der Waals surface area contributed by atoms with Crippen LogP contribution in [0.3, 0.4) is 0 Å². The predicted molar refractivity (Wildman–Crippen MR) is 89.2 cm³/mol. The van der Waals surface area contributed by atoms with E-state index < -0.39 is 0 Å². The van der Waals surface area contributed by atoms with Crippen LogP contribution in [-0.2, 0) is 0 Å². The smallest absolute Gasteiger partial charge is 0.0471 e. The van der Waals surface area contributed by atoms with Crippen molar-refractivity contribution < 1.29 is 0 Å². The van der Waals surface area contributed by atoms with Gasteiger partial charge in [0.2, 0.25) is 0 Å². The van der Waals surface area contributed by atoms with Crippen molar-refractivity contribution >= 4 is 22.5 Å². The summed E-state index contributed by atoms with van der Waals surface area (Å²) in [6.45, 7) is 5.28. The molecule has 0 amide bonds. The van der Waals surface area contributed by atoms with Gasteiger partial charge < -0.3 is 5.73 Å². The first-order chi connectivity index (χ1) is 9.78. The van der Waals surface area contributed by atoms with Crippen molar-refractivity contribution in [3.63, 3.8) is 0 Å². The summed E-state index contributed by atoms with van der Waals surface area (Å²) in [5.41, 5.74) is 7.43. The molecule has 20 heavy (non-hydrogen) atoms. The van der Waals surface area contributed by atoms with Crippen LogP contribution in [0.5, 0.6) is 0 Å². The molecular formula is C17H22N2S. The van der Waals surface area contributed by atoms with E-state index in [1.54, 1.807) is 0 Å². The Morgan fingerprint density at radius 1 is 1.25 bits per heavy atom. The van der Waals surface area contributed by atoms with Crippen LogP contribution >= 0.6 is 11.8 Å². The van der Waals surface area contributed by atoms with E-state index in [1.165, 1.54) is 22.1 Å². The fourth-order valence-electron chi connectivity index (χ4n) is 3.04. The van der Waals surface area contributed by atoms with Crippen LogP contribution in [-0.4, -0.2) is 35.5 Å². The average molecular weight is 286 g/mol. The minimum atomic E-state index is 0.350. The SMILES string of the molecule is CC1CN(C(CN)c2ccc3ccccc3c2)CCS1. The topological polar surface area (TPSA) is 29.3 Å². The Kier molecular flexibility index (Phi) is 4.29. The quantitative estimate of drug-likeness (QED) is 0.939. The number of rotatable bonds is 3. The maximum Gasteiger partial charge on any atom is 0.0471 e. The summed E-state index contributed by atoms with van der Waals surface area (Å²) in [6.07, 6.45) is 0.